The minimum absolute atomic E-state index is 0.0210. The van der Waals surface area contributed by atoms with Gasteiger partial charge in [0.25, 0.3) is 0 Å². The third-order valence-corrected chi connectivity index (χ3v) is 3.23. The van der Waals surface area contributed by atoms with Crippen LogP contribution in [0.3, 0.4) is 0 Å². The van der Waals surface area contributed by atoms with Crippen molar-refractivity contribution in [1.29, 1.82) is 0 Å². The molecule has 0 aliphatic rings. The van der Waals surface area contributed by atoms with Gasteiger partial charge in [-0.1, -0.05) is 19.1 Å². The van der Waals surface area contributed by atoms with E-state index in [1.165, 1.54) is 0 Å². The molecule has 2 rings (SSSR count). The van der Waals surface area contributed by atoms with Gasteiger partial charge in [0.15, 0.2) is 0 Å². The third kappa shape index (κ3) is 3.63. The van der Waals surface area contributed by atoms with Crippen LogP contribution in [-0.2, 0) is 11.2 Å². The lowest BCUT2D eigenvalue weighted by atomic mass is 10.1. The summed E-state index contributed by atoms with van der Waals surface area (Å²) < 4.78 is 5.43. The molecule has 1 atom stereocenters. The number of furan rings is 1. The molecule has 2 aromatic rings. The molecule has 20 heavy (non-hydrogen) atoms. The van der Waals surface area contributed by atoms with Crippen LogP contribution >= 0.6 is 0 Å². The van der Waals surface area contributed by atoms with Crippen molar-refractivity contribution in [3.8, 4) is 0 Å². The standard InChI is InChI=1S/C16H20N2O2/c1-3-14(15-5-4-10-20-15)18-13-8-6-12(7-9-13)11-16(19)17-2/h4-10,14,18H,3,11H2,1-2H3,(H,17,19). The lowest BCUT2D eigenvalue weighted by Crippen LogP contribution is -2.19. The Morgan fingerprint density at radius 3 is 2.55 bits per heavy atom. The average Bonchev–Trinajstić information content (AvgIpc) is 3.00. The summed E-state index contributed by atoms with van der Waals surface area (Å²) in [6, 6.07) is 11.9. The van der Waals surface area contributed by atoms with Gasteiger partial charge in [0.1, 0.15) is 5.76 Å². The highest BCUT2D eigenvalue weighted by molar-refractivity contribution is 5.78. The van der Waals surface area contributed by atoms with E-state index in [4.69, 9.17) is 4.42 Å². The Labute approximate surface area is 119 Å². The minimum atomic E-state index is 0.0210. The number of anilines is 1. The van der Waals surface area contributed by atoms with Crippen molar-refractivity contribution in [3.63, 3.8) is 0 Å². The zero-order valence-electron chi connectivity index (χ0n) is 11.8. The van der Waals surface area contributed by atoms with Crippen molar-refractivity contribution in [2.45, 2.75) is 25.8 Å². The third-order valence-electron chi connectivity index (χ3n) is 3.23. The van der Waals surface area contributed by atoms with Gasteiger partial charge >= 0.3 is 0 Å². The van der Waals surface area contributed by atoms with E-state index in [0.29, 0.717) is 6.42 Å². The number of amides is 1. The second kappa shape index (κ2) is 6.80. The molecule has 0 bridgehead atoms. The predicted molar refractivity (Wildman–Crippen MR) is 79.6 cm³/mol. The summed E-state index contributed by atoms with van der Waals surface area (Å²) in [7, 11) is 1.65. The Morgan fingerprint density at radius 1 is 1.25 bits per heavy atom. The molecule has 0 aliphatic carbocycles. The molecule has 0 spiro atoms. The molecule has 2 N–H and O–H groups in total. The normalized spacial score (nSPS) is 11.9. The highest BCUT2D eigenvalue weighted by atomic mass is 16.3. The first kappa shape index (κ1) is 14.2. The van der Waals surface area contributed by atoms with E-state index >= 15 is 0 Å². The summed E-state index contributed by atoms with van der Waals surface area (Å²) >= 11 is 0. The van der Waals surface area contributed by atoms with Crippen LogP contribution in [0.4, 0.5) is 5.69 Å². The van der Waals surface area contributed by atoms with Gasteiger partial charge in [-0.2, -0.15) is 0 Å². The summed E-state index contributed by atoms with van der Waals surface area (Å²) in [6.45, 7) is 2.11. The van der Waals surface area contributed by atoms with E-state index in [9.17, 15) is 4.79 Å². The van der Waals surface area contributed by atoms with E-state index in [2.05, 4.69) is 17.6 Å². The molecular weight excluding hydrogens is 252 g/mol. The van der Waals surface area contributed by atoms with Gasteiger partial charge < -0.3 is 15.1 Å². The second-order valence-electron chi connectivity index (χ2n) is 4.67. The molecule has 4 heteroatoms. The van der Waals surface area contributed by atoms with Crippen LogP contribution in [0.2, 0.25) is 0 Å². The molecular formula is C16H20N2O2. The lowest BCUT2D eigenvalue weighted by molar-refractivity contribution is -0.119. The topological polar surface area (TPSA) is 54.3 Å². The van der Waals surface area contributed by atoms with Crippen molar-refractivity contribution >= 4 is 11.6 Å². The van der Waals surface area contributed by atoms with Gasteiger partial charge in [0.05, 0.1) is 18.7 Å². The van der Waals surface area contributed by atoms with Gasteiger partial charge in [-0.3, -0.25) is 4.79 Å². The maximum Gasteiger partial charge on any atom is 0.224 e. The zero-order valence-corrected chi connectivity index (χ0v) is 11.8. The van der Waals surface area contributed by atoms with E-state index in [1.54, 1.807) is 13.3 Å². The molecule has 1 heterocycles. The van der Waals surface area contributed by atoms with Crippen LogP contribution < -0.4 is 10.6 Å². The van der Waals surface area contributed by atoms with Crippen LogP contribution in [0.15, 0.2) is 47.1 Å². The first-order chi connectivity index (χ1) is 9.72. The Hall–Kier alpha value is -2.23. The van der Waals surface area contributed by atoms with Crippen LogP contribution in [0.1, 0.15) is 30.7 Å². The smallest absolute Gasteiger partial charge is 0.224 e. The number of hydrogen-bond donors (Lipinski definition) is 2. The van der Waals surface area contributed by atoms with Crippen LogP contribution in [0, 0.1) is 0 Å². The fraction of sp³-hybridized carbons (Fsp3) is 0.312. The van der Waals surface area contributed by atoms with Gasteiger partial charge in [-0.05, 0) is 36.2 Å². The molecule has 0 saturated heterocycles. The minimum Gasteiger partial charge on any atom is -0.467 e. The number of carbonyl (C=O) groups is 1. The summed E-state index contributed by atoms with van der Waals surface area (Å²) in [4.78, 5) is 11.3. The largest absolute Gasteiger partial charge is 0.467 e. The molecule has 106 valence electrons. The summed E-state index contributed by atoms with van der Waals surface area (Å²) in [5.41, 5.74) is 2.02. The summed E-state index contributed by atoms with van der Waals surface area (Å²) in [6.07, 6.45) is 3.03. The lowest BCUT2D eigenvalue weighted by Gasteiger charge is -2.16. The van der Waals surface area contributed by atoms with Gasteiger partial charge in [-0.15, -0.1) is 0 Å². The van der Waals surface area contributed by atoms with Gasteiger partial charge in [0.2, 0.25) is 5.91 Å². The monoisotopic (exact) mass is 272 g/mol. The van der Waals surface area contributed by atoms with E-state index in [0.717, 1.165) is 23.4 Å². The van der Waals surface area contributed by atoms with Crippen LogP contribution in [0.25, 0.3) is 0 Å². The molecule has 1 aromatic heterocycles. The number of rotatable bonds is 6. The fourth-order valence-electron chi connectivity index (χ4n) is 2.06. The molecule has 0 saturated carbocycles. The Bertz CT molecular complexity index is 532. The Morgan fingerprint density at radius 2 is 2.00 bits per heavy atom. The van der Waals surface area contributed by atoms with Crippen molar-refractivity contribution in [1.82, 2.24) is 5.32 Å². The van der Waals surface area contributed by atoms with Gasteiger partial charge in [-0.25, -0.2) is 0 Å². The Kier molecular flexibility index (Phi) is 4.82. The van der Waals surface area contributed by atoms with Crippen molar-refractivity contribution < 1.29 is 9.21 Å². The zero-order chi connectivity index (χ0) is 14.4. The predicted octanol–water partition coefficient (Wildman–Crippen LogP) is 3.13. The quantitative estimate of drug-likeness (QED) is 0.849. The van der Waals surface area contributed by atoms with E-state index in [-0.39, 0.29) is 11.9 Å². The molecule has 1 amide bonds. The first-order valence-electron chi connectivity index (χ1n) is 6.82. The van der Waals surface area contributed by atoms with Crippen molar-refractivity contribution in [2.75, 3.05) is 12.4 Å². The molecule has 0 radical (unpaired) electrons. The number of nitrogens with one attached hydrogen (secondary N) is 2. The Balaban J connectivity index is 2.01. The molecule has 1 unspecified atom stereocenters. The first-order valence-corrected chi connectivity index (χ1v) is 6.82. The highest BCUT2D eigenvalue weighted by Crippen LogP contribution is 2.23. The number of carbonyl (C=O) groups excluding carboxylic acids is 1. The SMILES string of the molecule is CCC(Nc1ccc(CC(=O)NC)cc1)c1ccco1. The summed E-state index contributed by atoms with van der Waals surface area (Å²) in [5.74, 6) is 0.953. The number of hydrogen-bond acceptors (Lipinski definition) is 3. The van der Waals surface area contributed by atoms with Gasteiger partial charge in [0, 0.05) is 12.7 Å². The average molecular weight is 272 g/mol. The number of likely N-dealkylation sites (N-methyl/N-ethyl adjacent to an activating group) is 1. The molecule has 0 aliphatic heterocycles. The maximum atomic E-state index is 11.3. The summed E-state index contributed by atoms with van der Waals surface area (Å²) in [5, 5.41) is 6.05. The van der Waals surface area contributed by atoms with Crippen LogP contribution in [-0.4, -0.2) is 13.0 Å². The highest BCUT2D eigenvalue weighted by Gasteiger charge is 2.11. The number of benzene rings is 1. The maximum absolute atomic E-state index is 11.3. The van der Waals surface area contributed by atoms with Crippen molar-refractivity contribution in [3.05, 3.63) is 54.0 Å². The fourth-order valence-corrected chi connectivity index (χ4v) is 2.06. The molecule has 0 fully saturated rings. The second-order valence-corrected chi connectivity index (χ2v) is 4.67. The van der Waals surface area contributed by atoms with E-state index in [1.807, 2.05) is 36.4 Å². The molecule has 4 nitrogen and oxygen atoms in total. The molecule has 1 aromatic carbocycles. The van der Waals surface area contributed by atoms with Crippen LogP contribution in [0.5, 0.6) is 0 Å². The van der Waals surface area contributed by atoms with Crippen molar-refractivity contribution in [2.24, 2.45) is 0 Å². The van der Waals surface area contributed by atoms with E-state index < -0.39 is 0 Å².